The number of nitrogens with two attached hydrogens (primary N) is 1. The van der Waals surface area contributed by atoms with Crippen LogP contribution in [0.1, 0.15) is 29.6 Å². The molecule has 1 aliphatic carbocycles. The maximum atomic E-state index is 12.2. The summed E-state index contributed by atoms with van der Waals surface area (Å²) in [5.41, 5.74) is 6.71. The average Bonchev–Trinajstić information content (AvgIpc) is 2.22. The maximum Gasteiger partial charge on any atom is 0.255 e. The summed E-state index contributed by atoms with van der Waals surface area (Å²) in [7, 11) is 1.83. The fraction of sp³-hybridized carbons (Fsp3) is 0.462. The molecular weight excluding hydrogens is 236 g/mol. The summed E-state index contributed by atoms with van der Waals surface area (Å²) in [6, 6.07) is 5.01. The van der Waals surface area contributed by atoms with Crippen LogP contribution in [0.2, 0.25) is 5.02 Å². The van der Waals surface area contributed by atoms with Gasteiger partial charge in [-0.2, -0.15) is 0 Å². The van der Waals surface area contributed by atoms with Gasteiger partial charge in [0.2, 0.25) is 0 Å². The van der Waals surface area contributed by atoms with E-state index in [0.29, 0.717) is 22.2 Å². The molecule has 0 spiro atoms. The standard InChI is InChI=1S/C13H17ClN2O/c1-16(8-9-3-2-4-9)13(17)11-6-5-10(15)7-12(11)14/h5-7,9H,2-4,8,15H2,1H3. The minimum Gasteiger partial charge on any atom is -0.399 e. The Morgan fingerprint density at radius 2 is 2.24 bits per heavy atom. The van der Waals surface area contributed by atoms with Crippen LogP contribution < -0.4 is 5.73 Å². The Hall–Kier alpha value is -1.22. The van der Waals surface area contributed by atoms with Crippen molar-refractivity contribution in [3.63, 3.8) is 0 Å². The molecule has 92 valence electrons. The largest absolute Gasteiger partial charge is 0.399 e. The number of nitrogens with zero attached hydrogens (tertiary/aromatic N) is 1. The van der Waals surface area contributed by atoms with Gasteiger partial charge in [-0.05, 0) is 37.0 Å². The Kier molecular flexibility index (Phi) is 3.57. The van der Waals surface area contributed by atoms with Crippen molar-refractivity contribution in [3.05, 3.63) is 28.8 Å². The Bertz CT molecular complexity index is 429. The molecule has 3 nitrogen and oxygen atoms in total. The number of nitrogen functional groups attached to an aromatic ring is 1. The highest BCUT2D eigenvalue weighted by Crippen LogP contribution is 2.28. The van der Waals surface area contributed by atoms with Crippen LogP contribution in [0.4, 0.5) is 5.69 Å². The molecule has 0 aromatic heterocycles. The Labute approximate surface area is 107 Å². The van der Waals surface area contributed by atoms with Crippen molar-refractivity contribution >= 4 is 23.2 Å². The summed E-state index contributed by atoms with van der Waals surface area (Å²) in [5, 5.41) is 0.426. The number of carbonyl (C=O) groups excluding carboxylic acids is 1. The third kappa shape index (κ3) is 2.72. The van der Waals surface area contributed by atoms with Crippen LogP contribution in [0.5, 0.6) is 0 Å². The Morgan fingerprint density at radius 3 is 2.76 bits per heavy atom. The van der Waals surface area contributed by atoms with E-state index >= 15 is 0 Å². The molecule has 1 fully saturated rings. The first-order valence-corrected chi connectivity index (χ1v) is 6.26. The molecule has 1 aliphatic rings. The predicted octanol–water partition coefficient (Wildman–Crippen LogP) is 2.79. The van der Waals surface area contributed by atoms with Gasteiger partial charge < -0.3 is 10.6 Å². The lowest BCUT2D eigenvalue weighted by Crippen LogP contribution is -2.34. The van der Waals surface area contributed by atoms with Gasteiger partial charge in [-0.3, -0.25) is 4.79 Å². The molecule has 1 amide bonds. The first-order valence-electron chi connectivity index (χ1n) is 5.88. The van der Waals surface area contributed by atoms with Crippen molar-refractivity contribution in [1.82, 2.24) is 4.90 Å². The molecule has 0 heterocycles. The number of hydrogen-bond acceptors (Lipinski definition) is 2. The number of halogens is 1. The summed E-state index contributed by atoms with van der Waals surface area (Å²) >= 11 is 6.03. The van der Waals surface area contributed by atoms with Crippen LogP contribution in [0.3, 0.4) is 0 Å². The van der Waals surface area contributed by atoms with E-state index in [1.54, 1.807) is 23.1 Å². The molecule has 0 saturated heterocycles. The highest BCUT2D eigenvalue weighted by Gasteiger charge is 2.22. The molecule has 0 atom stereocenters. The van der Waals surface area contributed by atoms with E-state index in [2.05, 4.69) is 0 Å². The fourth-order valence-electron chi connectivity index (χ4n) is 2.06. The second-order valence-corrected chi connectivity index (χ2v) is 5.13. The molecule has 0 bridgehead atoms. The summed E-state index contributed by atoms with van der Waals surface area (Å²) in [4.78, 5) is 13.9. The minimum absolute atomic E-state index is 0.0260. The van der Waals surface area contributed by atoms with Gasteiger partial charge >= 0.3 is 0 Å². The van der Waals surface area contributed by atoms with E-state index in [4.69, 9.17) is 17.3 Å². The van der Waals surface area contributed by atoms with Crippen molar-refractivity contribution < 1.29 is 4.79 Å². The summed E-state index contributed by atoms with van der Waals surface area (Å²) in [5.74, 6) is 0.637. The van der Waals surface area contributed by atoms with E-state index in [1.165, 1.54) is 19.3 Å². The van der Waals surface area contributed by atoms with E-state index < -0.39 is 0 Å². The number of hydrogen-bond donors (Lipinski definition) is 1. The summed E-state index contributed by atoms with van der Waals surface area (Å²) in [6.07, 6.45) is 3.75. The van der Waals surface area contributed by atoms with Crippen LogP contribution in [-0.2, 0) is 0 Å². The normalized spacial score (nSPS) is 15.4. The molecule has 0 radical (unpaired) electrons. The smallest absolute Gasteiger partial charge is 0.255 e. The summed E-state index contributed by atoms with van der Waals surface area (Å²) in [6.45, 7) is 0.819. The van der Waals surface area contributed by atoms with Crippen LogP contribution >= 0.6 is 11.6 Å². The van der Waals surface area contributed by atoms with E-state index in [9.17, 15) is 4.79 Å². The molecule has 17 heavy (non-hydrogen) atoms. The van der Waals surface area contributed by atoms with Crippen molar-refractivity contribution in [1.29, 1.82) is 0 Å². The molecule has 2 rings (SSSR count). The molecule has 2 N–H and O–H groups in total. The molecule has 0 aliphatic heterocycles. The average molecular weight is 253 g/mol. The van der Waals surface area contributed by atoms with E-state index in [1.807, 2.05) is 7.05 Å². The first kappa shape index (κ1) is 12.2. The quantitative estimate of drug-likeness (QED) is 0.841. The molecule has 1 aromatic carbocycles. The highest BCUT2D eigenvalue weighted by atomic mass is 35.5. The van der Waals surface area contributed by atoms with Crippen molar-refractivity contribution in [3.8, 4) is 0 Å². The maximum absolute atomic E-state index is 12.2. The number of rotatable bonds is 3. The van der Waals surface area contributed by atoms with Gasteiger partial charge in [0.1, 0.15) is 0 Å². The first-order chi connectivity index (χ1) is 8.08. The number of amides is 1. The van der Waals surface area contributed by atoms with Crippen molar-refractivity contribution in [2.75, 3.05) is 19.3 Å². The highest BCUT2D eigenvalue weighted by molar-refractivity contribution is 6.34. The van der Waals surface area contributed by atoms with Gasteiger partial charge in [0.05, 0.1) is 10.6 Å². The fourth-order valence-corrected chi connectivity index (χ4v) is 2.33. The minimum atomic E-state index is -0.0260. The topological polar surface area (TPSA) is 46.3 Å². The lowest BCUT2D eigenvalue weighted by atomic mass is 9.85. The zero-order valence-corrected chi connectivity index (χ0v) is 10.7. The Morgan fingerprint density at radius 1 is 1.53 bits per heavy atom. The van der Waals surface area contributed by atoms with Gasteiger partial charge in [0.25, 0.3) is 5.91 Å². The lowest BCUT2D eigenvalue weighted by molar-refractivity contribution is 0.0745. The van der Waals surface area contributed by atoms with E-state index in [0.717, 1.165) is 6.54 Å². The number of carbonyl (C=O) groups is 1. The Balaban J connectivity index is 2.07. The molecule has 0 unspecified atom stereocenters. The van der Waals surface area contributed by atoms with Gasteiger partial charge in [-0.25, -0.2) is 0 Å². The molecule has 1 aromatic rings. The molecular formula is C13H17ClN2O. The summed E-state index contributed by atoms with van der Waals surface area (Å²) < 4.78 is 0. The van der Waals surface area contributed by atoms with Gasteiger partial charge in [0.15, 0.2) is 0 Å². The number of anilines is 1. The monoisotopic (exact) mass is 252 g/mol. The number of benzene rings is 1. The second kappa shape index (κ2) is 4.96. The zero-order chi connectivity index (χ0) is 12.4. The van der Waals surface area contributed by atoms with Gasteiger partial charge in [0, 0.05) is 19.3 Å². The van der Waals surface area contributed by atoms with Crippen LogP contribution in [0.15, 0.2) is 18.2 Å². The molecule has 4 heteroatoms. The van der Waals surface area contributed by atoms with Crippen molar-refractivity contribution in [2.24, 2.45) is 5.92 Å². The lowest BCUT2D eigenvalue weighted by Gasteiger charge is -2.30. The second-order valence-electron chi connectivity index (χ2n) is 4.72. The van der Waals surface area contributed by atoms with Gasteiger partial charge in [-0.1, -0.05) is 18.0 Å². The zero-order valence-electron chi connectivity index (χ0n) is 9.95. The molecule has 1 saturated carbocycles. The van der Waals surface area contributed by atoms with Gasteiger partial charge in [-0.15, -0.1) is 0 Å². The van der Waals surface area contributed by atoms with Crippen LogP contribution in [0.25, 0.3) is 0 Å². The third-order valence-corrected chi connectivity index (χ3v) is 3.64. The third-order valence-electron chi connectivity index (χ3n) is 3.33. The van der Waals surface area contributed by atoms with Crippen LogP contribution in [-0.4, -0.2) is 24.4 Å². The van der Waals surface area contributed by atoms with E-state index in [-0.39, 0.29) is 5.91 Å². The SMILES string of the molecule is CN(CC1CCC1)C(=O)c1ccc(N)cc1Cl. The van der Waals surface area contributed by atoms with Crippen molar-refractivity contribution in [2.45, 2.75) is 19.3 Å². The predicted molar refractivity (Wildman–Crippen MR) is 70.2 cm³/mol. The van der Waals surface area contributed by atoms with Crippen LogP contribution in [0, 0.1) is 5.92 Å².